The molecule has 1 heterocycles. The summed E-state index contributed by atoms with van der Waals surface area (Å²) in [5.41, 5.74) is 0.880. The molecule has 1 aromatic carbocycles. The second-order valence-electron chi connectivity index (χ2n) is 7.71. The van der Waals surface area contributed by atoms with Gasteiger partial charge in [0.25, 0.3) is 0 Å². The Morgan fingerprint density at radius 1 is 1.23 bits per heavy atom. The number of ketones is 1. The summed E-state index contributed by atoms with van der Waals surface area (Å²) in [6, 6.07) is 7.22. The highest BCUT2D eigenvalue weighted by Gasteiger charge is 2.39. The number of carboxylic acid groups (broad SMARTS) is 1. The Hall–Kier alpha value is -3.72. The molecule has 3 rings (SSSR count). The molecule has 0 radical (unpaired) electrons. The minimum atomic E-state index is -0.900. The molecule has 0 amide bonds. The monoisotopic (exact) mass is 419 g/mol. The van der Waals surface area contributed by atoms with Crippen molar-refractivity contribution in [2.45, 2.75) is 39.3 Å². The predicted octanol–water partition coefficient (Wildman–Crippen LogP) is 4.34. The van der Waals surface area contributed by atoms with Crippen LogP contribution < -0.4 is 4.74 Å². The van der Waals surface area contributed by atoms with Crippen molar-refractivity contribution >= 4 is 11.8 Å². The third kappa shape index (κ3) is 5.07. The van der Waals surface area contributed by atoms with Gasteiger partial charge in [0.2, 0.25) is 0 Å². The summed E-state index contributed by atoms with van der Waals surface area (Å²) in [6.07, 6.45) is 11.1. The molecule has 0 bridgehead atoms. The maximum atomic E-state index is 12.5. The number of aliphatic carboxylic acids is 1. The van der Waals surface area contributed by atoms with Gasteiger partial charge in [-0.1, -0.05) is 30.2 Å². The molecule has 1 N–H and O–H groups in total. The van der Waals surface area contributed by atoms with E-state index < -0.39 is 17.6 Å². The summed E-state index contributed by atoms with van der Waals surface area (Å²) >= 11 is 0. The lowest BCUT2D eigenvalue weighted by Gasteiger charge is -2.38. The zero-order valence-electron chi connectivity index (χ0n) is 17.7. The van der Waals surface area contributed by atoms with Crippen LogP contribution in [0.5, 0.6) is 5.75 Å². The molecule has 160 valence electrons. The molecule has 0 saturated carbocycles. The Morgan fingerprint density at radius 3 is 2.52 bits per heavy atom. The normalized spacial score (nSPS) is 18.4. The van der Waals surface area contributed by atoms with Gasteiger partial charge in [0.05, 0.1) is 17.8 Å². The molecule has 1 aliphatic heterocycles. The summed E-state index contributed by atoms with van der Waals surface area (Å²) in [5, 5.41) is 9.14. The fraction of sp³-hybridized carbons (Fsp3) is 0.280. The Labute approximate surface area is 182 Å². The van der Waals surface area contributed by atoms with E-state index in [1.165, 1.54) is 12.5 Å². The molecule has 0 spiro atoms. The summed E-state index contributed by atoms with van der Waals surface area (Å²) in [7, 11) is 0. The fourth-order valence-electron chi connectivity index (χ4n) is 3.44. The number of rotatable bonds is 7. The molecule has 1 aromatic rings. The number of allylic oxidation sites excluding steroid dienone is 3. The van der Waals surface area contributed by atoms with Gasteiger partial charge in [-0.2, -0.15) is 0 Å². The van der Waals surface area contributed by atoms with Crippen LogP contribution in [0.25, 0.3) is 0 Å². The van der Waals surface area contributed by atoms with Crippen molar-refractivity contribution in [3.8, 4) is 17.6 Å². The number of carbonyl (C=O) groups is 2. The van der Waals surface area contributed by atoms with Crippen molar-refractivity contribution in [2.75, 3.05) is 0 Å². The Bertz CT molecular complexity index is 1010. The van der Waals surface area contributed by atoms with Gasteiger partial charge >= 0.3 is 5.97 Å². The number of benzene rings is 1. The number of hydrogen-bond donors (Lipinski definition) is 1. The second-order valence-corrected chi connectivity index (χ2v) is 7.71. The quantitative estimate of drug-likeness (QED) is 0.663. The Kier molecular flexibility index (Phi) is 6.66. The highest BCUT2D eigenvalue weighted by Crippen LogP contribution is 2.37. The predicted molar refractivity (Wildman–Crippen MR) is 117 cm³/mol. The van der Waals surface area contributed by atoms with E-state index in [1.807, 2.05) is 37.0 Å². The SMILES string of the molecule is CC#CC(CC(=O)O)c1ccc(OC(C2=CC=CC(=O)C2(C)C)N2C=COC=C2)cc1. The molecule has 0 aromatic heterocycles. The van der Waals surface area contributed by atoms with Gasteiger partial charge in [0.15, 0.2) is 12.0 Å². The summed E-state index contributed by atoms with van der Waals surface area (Å²) in [6.45, 7) is 5.44. The van der Waals surface area contributed by atoms with E-state index >= 15 is 0 Å². The zero-order chi connectivity index (χ0) is 22.4. The maximum absolute atomic E-state index is 12.5. The van der Waals surface area contributed by atoms with Crippen molar-refractivity contribution in [1.29, 1.82) is 0 Å². The van der Waals surface area contributed by atoms with Crippen LogP contribution in [-0.4, -0.2) is 28.0 Å². The minimum Gasteiger partial charge on any atom is -0.481 e. The maximum Gasteiger partial charge on any atom is 0.304 e. The van der Waals surface area contributed by atoms with Crippen LogP contribution in [0.3, 0.4) is 0 Å². The van der Waals surface area contributed by atoms with Crippen LogP contribution in [0.2, 0.25) is 0 Å². The largest absolute Gasteiger partial charge is 0.481 e. The number of hydrogen-bond acceptors (Lipinski definition) is 5. The van der Waals surface area contributed by atoms with E-state index in [4.69, 9.17) is 14.6 Å². The molecule has 6 heteroatoms. The van der Waals surface area contributed by atoms with Crippen LogP contribution in [-0.2, 0) is 14.3 Å². The third-order valence-electron chi connectivity index (χ3n) is 5.25. The smallest absolute Gasteiger partial charge is 0.304 e. The van der Waals surface area contributed by atoms with Crippen LogP contribution in [0, 0.1) is 17.3 Å². The molecular formula is C25H25NO5. The molecule has 0 fully saturated rings. The average Bonchev–Trinajstić information content (AvgIpc) is 2.75. The van der Waals surface area contributed by atoms with Crippen molar-refractivity contribution in [1.82, 2.24) is 4.90 Å². The van der Waals surface area contributed by atoms with E-state index in [1.54, 1.807) is 43.6 Å². The third-order valence-corrected chi connectivity index (χ3v) is 5.25. The average molecular weight is 419 g/mol. The molecule has 2 atom stereocenters. The van der Waals surface area contributed by atoms with E-state index in [2.05, 4.69) is 11.8 Å². The molecule has 6 nitrogen and oxygen atoms in total. The van der Waals surface area contributed by atoms with Gasteiger partial charge < -0.3 is 19.5 Å². The number of ether oxygens (including phenoxy) is 2. The second kappa shape index (κ2) is 9.40. The fourth-order valence-corrected chi connectivity index (χ4v) is 3.44. The van der Waals surface area contributed by atoms with E-state index in [0.29, 0.717) is 5.75 Å². The van der Waals surface area contributed by atoms with Crippen LogP contribution in [0.15, 0.2) is 73.0 Å². The standard InChI is InChI=1S/C25H25NO5/c1-4-6-19(17-23(28)29)18-9-11-20(12-10-18)31-24(26-13-15-30-16-14-26)21-7-5-8-22(27)25(21,2)3/h5,7-16,19,24H,17H2,1-3H3,(H,28,29). The summed E-state index contributed by atoms with van der Waals surface area (Å²) < 4.78 is 11.5. The molecule has 31 heavy (non-hydrogen) atoms. The highest BCUT2D eigenvalue weighted by molar-refractivity contribution is 5.98. The van der Waals surface area contributed by atoms with Crippen LogP contribution in [0.4, 0.5) is 0 Å². The molecular weight excluding hydrogens is 394 g/mol. The van der Waals surface area contributed by atoms with Gasteiger partial charge in [0.1, 0.15) is 18.3 Å². The molecule has 2 aliphatic rings. The highest BCUT2D eigenvalue weighted by atomic mass is 16.5. The van der Waals surface area contributed by atoms with Crippen LogP contribution >= 0.6 is 0 Å². The first-order chi connectivity index (χ1) is 14.8. The lowest BCUT2D eigenvalue weighted by atomic mass is 9.76. The Morgan fingerprint density at radius 2 is 1.90 bits per heavy atom. The first kappa shape index (κ1) is 22.0. The van der Waals surface area contributed by atoms with Gasteiger partial charge in [-0.05, 0) is 44.5 Å². The molecule has 1 aliphatic carbocycles. The van der Waals surface area contributed by atoms with Crippen molar-refractivity contribution in [2.24, 2.45) is 5.41 Å². The lowest BCUT2D eigenvalue weighted by Crippen LogP contribution is -2.42. The first-order valence-electron chi connectivity index (χ1n) is 9.93. The number of carboxylic acids is 1. The first-order valence-corrected chi connectivity index (χ1v) is 9.93. The molecule has 2 unspecified atom stereocenters. The minimum absolute atomic E-state index is 0.00446. The number of nitrogens with zero attached hydrogens (tertiary/aromatic N) is 1. The summed E-state index contributed by atoms with van der Waals surface area (Å²) in [4.78, 5) is 25.5. The number of carbonyl (C=O) groups excluding carboxylic acids is 1. The zero-order valence-corrected chi connectivity index (χ0v) is 17.7. The van der Waals surface area contributed by atoms with Gasteiger partial charge in [-0.25, -0.2) is 0 Å². The topological polar surface area (TPSA) is 76.1 Å². The van der Waals surface area contributed by atoms with Gasteiger partial charge in [-0.3, -0.25) is 9.59 Å². The molecule has 0 saturated heterocycles. The van der Waals surface area contributed by atoms with E-state index in [9.17, 15) is 9.59 Å². The van der Waals surface area contributed by atoms with Crippen molar-refractivity contribution in [3.05, 3.63) is 78.6 Å². The van der Waals surface area contributed by atoms with E-state index in [-0.39, 0.29) is 18.1 Å². The Balaban J connectivity index is 1.90. The van der Waals surface area contributed by atoms with Crippen molar-refractivity contribution < 1.29 is 24.2 Å². The van der Waals surface area contributed by atoms with Crippen LogP contribution in [0.1, 0.15) is 38.7 Å². The van der Waals surface area contributed by atoms with E-state index in [0.717, 1.165) is 11.1 Å². The van der Waals surface area contributed by atoms with Crippen molar-refractivity contribution in [3.63, 3.8) is 0 Å². The summed E-state index contributed by atoms with van der Waals surface area (Å²) in [5.74, 6) is 5.04. The lowest BCUT2D eigenvalue weighted by molar-refractivity contribution is -0.137. The van der Waals surface area contributed by atoms with Gasteiger partial charge in [0, 0.05) is 18.0 Å². The van der Waals surface area contributed by atoms with Gasteiger partial charge in [-0.15, -0.1) is 5.92 Å².